The van der Waals surface area contributed by atoms with Gasteiger partial charge in [-0.1, -0.05) is 0 Å². The van der Waals surface area contributed by atoms with E-state index in [1.807, 2.05) is 0 Å². The topological polar surface area (TPSA) is 87.7 Å². The maximum absolute atomic E-state index is 11.7. The van der Waals surface area contributed by atoms with Crippen molar-refractivity contribution in [3.63, 3.8) is 0 Å². The molecule has 8 heteroatoms. The number of anilines is 1. The van der Waals surface area contributed by atoms with Gasteiger partial charge in [-0.15, -0.1) is 0 Å². The number of H-pyrrole nitrogens is 1. The van der Waals surface area contributed by atoms with E-state index in [4.69, 9.17) is 0 Å². The van der Waals surface area contributed by atoms with Crippen LogP contribution in [-0.4, -0.2) is 23.6 Å². The Morgan fingerprint density at radius 3 is 2.69 bits per heavy atom. The molecule has 0 saturated heterocycles. The van der Waals surface area contributed by atoms with Crippen molar-refractivity contribution in [3.8, 4) is 0 Å². The molecule has 2 aromatic heterocycles. The monoisotopic (exact) mass is 350 g/mol. The molecule has 2 N–H and O–H groups in total. The molecular formula is C8H7IN4O2S. The van der Waals surface area contributed by atoms with E-state index in [9.17, 15) is 8.42 Å². The van der Waals surface area contributed by atoms with Crippen LogP contribution in [-0.2, 0) is 10.0 Å². The summed E-state index contributed by atoms with van der Waals surface area (Å²) in [5, 5.41) is 6.02. The first-order valence-corrected chi connectivity index (χ1v) is 6.77. The molecule has 0 amide bonds. The van der Waals surface area contributed by atoms with Gasteiger partial charge in [0.05, 0.1) is 6.20 Å². The molecule has 0 fully saturated rings. The zero-order chi connectivity index (χ0) is 11.6. The Kier molecular flexibility index (Phi) is 3.10. The van der Waals surface area contributed by atoms with E-state index >= 15 is 0 Å². The van der Waals surface area contributed by atoms with Crippen molar-refractivity contribution in [2.24, 2.45) is 0 Å². The first-order valence-electron chi connectivity index (χ1n) is 4.21. The minimum Gasteiger partial charge on any atom is -0.284 e. The Bertz CT molecular complexity index is 565. The second-order valence-corrected chi connectivity index (χ2v) is 5.83. The standard InChI is InChI=1S/C8H7IN4O2S/c9-6-1-2-8(10-3-6)13-16(14,15)7-4-11-12-5-7/h1-5H,(H,10,13)(H,11,12). The number of aromatic amines is 1. The number of hydrogen-bond donors (Lipinski definition) is 2. The van der Waals surface area contributed by atoms with E-state index < -0.39 is 10.0 Å². The van der Waals surface area contributed by atoms with Crippen molar-refractivity contribution in [1.29, 1.82) is 0 Å². The second-order valence-electron chi connectivity index (χ2n) is 2.90. The van der Waals surface area contributed by atoms with Crippen molar-refractivity contribution in [2.45, 2.75) is 4.90 Å². The SMILES string of the molecule is O=S(=O)(Nc1ccc(I)cn1)c1cn[nH]c1. The number of rotatable bonds is 3. The van der Waals surface area contributed by atoms with Gasteiger partial charge in [0.15, 0.2) is 0 Å². The maximum Gasteiger partial charge on any atom is 0.266 e. The fourth-order valence-electron chi connectivity index (χ4n) is 1.02. The lowest BCUT2D eigenvalue weighted by atomic mass is 10.5. The van der Waals surface area contributed by atoms with Crippen molar-refractivity contribution >= 4 is 38.4 Å². The predicted octanol–water partition coefficient (Wildman–Crippen LogP) is 1.21. The van der Waals surface area contributed by atoms with Gasteiger partial charge in [0.25, 0.3) is 10.0 Å². The van der Waals surface area contributed by atoms with Crippen LogP contribution in [0.3, 0.4) is 0 Å². The summed E-state index contributed by atoms with van der Waals surface area (Å²) in [4.78, 5) is 4.02. The lowest BCUT2D eigenvalue weighted by molar-refractivity contribution is 0.601. The lowest BCUT2D eigenvalue weighted by Crippen LogP contribution is -2.13. The molecule has 0 aromatic carbocycles. The molecule has 0 radical (unpaired) electrons. The third kappa shape index (κ3) is 2.50. The third-order valence-electron chi connectivity index (χ3n) is 1.75. The molecule has 0 aliphatic carbocycles. The van der Waals surface area contributed by atoms with Crippen LogP contribution in [0.25, 0.3) is 0 Å². The fourth-order valence-corrected chi connectivity index (χ4v) is 2.25. The molecule has 0 atom stereocenters. The van der Waals surface area contributed by atoms with Crippen LogP contribution in [0.4, 0.5) is 5.82 Å². The number of nitrogens with zero attached hydrogens (tertiary/aromatic N) is 2. The molecule has 0 aliphatic heterocycles. The molecule has 6 nitrogen and oxygen atoms in total. The predicted molar refractivity (Wildman–Crippen MR) is 66.4 cm³/mol. The smallest absolute Gasteiger partial charge is 0.266 e. The van der Waals surface area contributed by atoms with E-state index in [-0.39, 0.29) is 10.7 Å². The number of nitrogens with one attached hydrogen (secondary N) is 2. The number of halogens is 1. The zero-order valence-corrected chi connectivity index (χ0v) is 10.9. The van der Waals surface area contributed by atoms with Crippen molar-refractivity contribution in [1.82, 2.24) is 15.2 Å². The van der Waals surface area contributed by atoms with Crippen LogP contribution < -0.4 is 4.72 Å². The van der Waals surface area contributed by atoms with Crippen LogP contribution in [0.15, 0.2) is 35.6 Å². The Morgan fingerprint density at radius 1 is 1.31 bits per heavy atom. The zero-order valence-electron chi connectivity index (χ0n) is 7.88. The van der Waals surface area contributed by atoms with Crippen LogP contribution in [0.2, 0.25) is 0 Å². The quantitative estimate of drug-likeness (QED) is 0.815. The van der Waals surface area contributed by atoms with Crippen LogP contribution in [0.5, 0.6) is 0 Å². The highest BCUT2D eigenvalue weighted by atomic mass is 127. The summed E-state index contributed by atoms with van der Waals surface area (Å²) in [6.07, 6.45) is 4.11. The maximum atomic E-state index is 11.7. The Hall–Kier alpha value is -1.16. The van der Waals surface area contributed by atoms with E-state index in [2.05, 4.69) is 42.5 Å². The number of sulfonamides is 1. The molecule has 2 rings (SSSR count). The second kappa shape index (κ2) is 4.37. The highest BCUT2D eigenvalue weighted by molar-refractivity contribution is 14.1. The average molecular weight is 350 g/mol. The van der Waals surface area contributed by atoms with Crippen LogP contribution in [0.1, 0.15) is 0 Å². The molecule has 2 aromatic rings. The molecule has 0 aliphatic rings. The molecule has 0 saturated carbocycles. The van der Waals surface area contributed by atoms with Crippen LogP contribution in [0, 0.1) is 3.57 Å². The normalized spacial score (nSPS) is 11.3. The Morgan fingerprint density at radius 2 is 2.12 bits per heavy atom. The van der Waals surface area contributed by atoms with Gasteiger partial charge in [0.2, 0.25) is 0 Å². The molecular weight excluding hydrogens is 343 g/mol. The molecule has 84 valence electrons. The van der Waals surface area contributed by atoms with Gasteiger partial charge >= 0.3 is 0 Å². The average Bonchev–Trinajstić information content (AvgIpc) is 2.75. The minimum atomic E-state index is -3.59. The largest absolute Gasteiger partial charge is 0.284 e. The summed E-state index contributed by atoms with van der Waals surface area (Å²) in [6, 6.07) is 3.36. The molecule has 16 heavy (non-hydrogen) atoms. The van der Waals surface area contributed by atoms with Gasteiger partial charge in [0.1, 0.15) is 10.7 Å². The van der Waals surface area contributed by atoms with E-state index in [1.165, 1.54) is 12.4 Å². The van der Waals surface area contributed by atoms with E-state index in [0.717, 1.165) is 3.57 Å². The summed E-state index contributed by atoms with van der Waals surface area (Å²) in [7, 11) is -3.59. The Labute approximate surface area is 106 Å². The first kappa shape index (κ1) is 11.3. The molecule has 0 unspecified atom stereocenters. The summed E-state index contributed by atoms with van der Waals surface area (Å²) in [6.45, 7) is 0. The van der Waals surface area contributed by atoms with E-state index in [0.29, 0.717) is 0 Å². The summed E-state index contributed by atoms with van der Waals surface area (Å²) < 4.78 is 26.7. The third-order valence-corrected chi connectivity index (χ3v) is 3.71. The summed E-state index contributed by atoms with van der Waals surface area (Å²) in [5.41, 5.74) is 0. The van der Waals surface area contributed by atoms with Crippen molar-refractivity contribution in [2.75, 3.05) is 4.72 Å². The molecule has 0 bridgehead atoms. The number of hydrogen-bond acceptors (Lipinski definition) is 4. The van der Waals surface area contributed by atoms with E-state index in [1.54, 1.807) is 18.3 Å². The number of pyridine rings is 1. The number of aromatic nitrogens is 3. The van der Waals surface area contributed by atoms with Gasteiger partial charge in [-0.2, -0.15) is 5.10 Å². The fraction of sp³-hybridized carbons (Fsp3) is 0. The first-order chi connectivity index (χ1) is 7.58. The van der Waals surface area contributed by atoms with Gasteiger partial charge in [0, 0.05) is 16.0 Å². The lowest BCUT2D eigenvalue weighted by Gasteiger charge is -2.04. The van der Waals surface area contributed by atoms with Gasteiger partial charge in [-0.3, -0.25) is 9.82 Å². The Balaban J connectivity index is 2.25. The highest BCUT2D eigenvalue weighted by Gasteiger charge is 2.15. The molecule has 0 spiro atoms. The highest BCUT2D eigenvalue weighted by Crippen LogP contribution is 2.13. The van der Waals surface area contributed by atoms with Crippen molar-refractivity contribution in [3.05, 3.63) is 34.3 Å². The van der Waals surface area contributed by atoms with Gasteiger partial charge < -0.3 is 0 Å². The van der Waals surface area contributed by atoms with Crippen LogP contribution >= 0.6 is 22.6 Å². The van der Waals surface area contributed by atoms with Gasteiger partial charge in [-0.05, 0) is 34.7 Å². The van der Waals surface area contributed by atoms with Gasteiger partial charge in [-0.25, -0.2) is 13.4 Å². The molecule has 2 heterocycles. The summed E-state index contributed by atoms with van der Waals surface area (Å²) in [5.74, 6) is 0.279. The minimum absolute atomic E-state index is 0.0767. The van der Waals surface area contributed by atoms with Crippen molar-refractivity contribution < 1.29 is 8.42 Å². The summed E-state index contributed by atoms with van der Waals surface area (Å²) >= 11 is 2.09.